The van der Waals surface area contributed by atoms with Crippen molar-refractivity contribution in [3.8, 4) is 0 Å². The van der Waals surface area contributed by atoms with E-state index in [9.17, 15) is 33.6 Å². The van der Waals surface area contributed by atoms with Gasteiger partial charge in [0.1, 0.15) is 6.04 Å². The number of imide groups is 2. The van der Waals surface area contributed by atoms with Crippen LogP contribution in [0.25, 0.3) is 0 Å². The lowest BCUT2D eigenvalue weighted by molar-refractivity contribution is -0.140. The van der Waals surface area contributed by atoms with Crippen molar-refractivity contribution in [2.45, 2.75) is 65.3 Å². The number of hydrogen-bond donors (Lipinski definition) is 3. The molecule has 0 saturated carbocycles. The molecule has 0 aromatic rings. The van der Waals surface area contributed by atoms with E-state index in [-0.39, 0.29) is 93.2 Å². The van der Waals surface area contributed by atoms with E-state index in [1.165, 1.54) is 16.7 Å². The minimum Gasteiger partial charge on any atom is -0.356 e. The third kappa shape index (κ3) is 8.15. The van der Waals surface area contributed by atoms with Crippen molar-refractivity contribution in [1.29, 1.82) is 0 Å². The van der Waals surface area contributed by atoms with Crippen molar-refractivity contribution in [3.63, 3.8) is 0 Å². The standard InChI is InChI=1S/C23H35N5O7/c1-14-12-19(31)27(22(14)34)10-4-8-24-18(30)7-6-17(26-16(3)29)21(33)25-9-5-11-28-20(32)13-15(2)23(28)35/h14-15,17H,4-13H2,1-3H3,(H,24,30)(H,25,33)(H,26,29)/t14-,15-,17+/m1/s1. The van der Waals surface area contributed by atoms with Crippen LogP contribution in [-0.4, -0.2) is 83.4 Å². The van der Waals surface area contributed by atoms with Crippen LogP contribution >= 0.6 is 0 Å². The summed E-state index contributed by atoms with van der Waals surface area (Å²) in [5.74, 6) is -2.64. The summed E-state index contributed by atoms with van der Waals surface area (Å²) in [6, 6.07) is -0.908. The molecule has 7 amide bonds. The molecule has 12 heteroatoms. The minimum atomic E-state index is -0.908. The van der Waals surface area contributed by atoms with Crippen LogP contribution in [0, 0.1) is 11.8 Å². The molecule has 2 rings (SSSR count). The van der Waals surface area contributed by atoms with Gasteiger partial charge < -0.3 is 16.0 Å². The van der Waals surface area contributed by atoms with Crippen LogP contribution < -0.4 is 16.0 Å². The monoisotopic (exact) mass is 493 g/mol. The van der Waals surface area contributed by atoms with E-state index in [2.05, 4.69) is 16.0 Å². The Morgan fingerprint density at radius 3 is 1.77 bits per heavy atom. The molecule has 2 aliphatic rings. The maximum atomic E-state index is 12.5. The predicted octanol–water partition coefficient (Wildman–Crippen LogP) is -0.926. The summed E-state index contributed by atoms with van der Waals surface area (Å²) in [7, 11) is 0. The van der Waals surface area contributed by atoms with Crippen molar-refractivity contribution < 1.29 is 33.6 Å². The van der Waals surface area contributed by atoms with Gasteiger partial charge in [-0.25, -0.2) is 0 Å². The van der Waals surface area contributed by atoms with Gasteiger partial charge in [0.05, 0.1) is 0 Å². The number of rotatable bonds is 13. The van der Waals surface area contributed by atoms with Crippen molar-refractivity contribution >= 4 is 41.4 Å². The van der Waals surface area contributed by atoms with Crippen LogP contribution in [0.3, 0.4) is 0 Å². The summed E-state index contributed by atoms with van der Waals surface area (Å²) >= 11 is 0. The van der Waals surface area contributed by atoms with Crippen LogP contribution in [0.1, 0.15) is 59.3 Å². The van der Waals surface area contributed by atoms with E-state index in [1.807, 2.05) is 0 Å². The van der Waals surface area contributed by atoms with Crippen molar-refractivity contribution in [2.75, 3.05) is 26.2 Å². The molecule has 0 aromatic heterocycles. The molecule has 0 aliphatic carbocycles. The van der Waals surface area contributed by atoms with Crippen molar-refractivity contribution in [1.82, 2.24) is 25.8 Å². The van der Waals surface area contributed by atoms with Crippen molar-refractivity contribution in [3.05, 3.63) is 0 Å². The molecular weight excluding hydrogens is 458 g/mol. The molecule has 2 heterocycles. The number of amides is 7. The Labute approximate surface area is 204 Å². The number of likely N-dealkylation sites (tertiary alicyclic amines) is 2. The summed E-state index contributed by atoms with van der Waals surface area (Å²) < 4.78 is 0. The highest BCUT2D eigenvalue weighted by atomic mass is 16.2. The van der Waals surface area contributed by atoms with Crippen LogP contribution in [0.15, 0.2) is 0 Å². The summed E-state index contributed by atoms with van der Waals surface area (Å²) in [5.41, 5.74) is 0. The first-order chi connectivity index (χ1) is 16.5. The molecule has 0 unspecified atom stereocenters. The fraction of sp³-hybridized carbons (Fsp3) is 0.696. The topological polar surface area (TPSA) is 162 Å². The number of carbonyl (C=O) groups is 7. The summed E-state index contributed by atoms with van der Waals surface area (Å²) in [6.45, 7) is 5.61. The second-order valence-electron chi connectivity index (χ2n) is 9.12. The number of carbonyl (C=O) groups excluding carboxylic acids is 7. The van der Waals surface area contributed by atoms with Crippen LogP contribution in [0.2, 0.25) is 0 Å². The third-order valence-corrected chi connectivity index (χ3v) is 6.03. The molecule has 2 saturated heterocycles. The zero-order chi connectivity index (χ0) is 26.1. The maximum absolute atomic E-state index is 12.5. The second kappa shape index (κ2) is 13.0. The van der Waals surface area contributed by atoms with E-state index in [0.717, 1.165) is 0 Å². The largest absolute Gasteiger partial charge is 0.356 e. The Hall–Kier alpha value is -3.31. The van der Waals surface area contributed by atoms with Crippen LogP contribution in [0.4, 0.5) is 0 Å². The van der Waals surface area contributed by atoms with Gasteiger partial charge in [0.25, 0.3) is 0 Å². The smallest absolute Gasteiger partial charge is 0.242 e. The average Bonchev–Trinajstić information content (AvgIpc) is 3.18. The molecule has 0 radical (unpaired) electrons. The lowest BCUT2D eigenvalue weighted by Crippen LogP contribution is -2.47. The fourth-order valence-corrected chi connectivity index (χ4v) is 4.08. The zero-order valence-corrected chi connectivity index (χ0v) is 20.6. The number of hydrogen-bond acceptors (Lipinski definition) is 7. The van der Waals surface area contributed by atoms with Gasteiger partial charge in [-0.1, -0.05) is 13.8 Å². The highest BCUT2D eigenvalue weighted by Gasteiger charge is 2.35. The molecular formula is C23H35N5O7. The highest BCUT2D eigenvalue weighted by molar-refractivity contribution is 6.03. The second-order valence-corrected chi connectivity index (χ2v) is 9.12. The number of nitrogens with zero attached hydrogens (tertiary/aromatic N) is 2. The maximum Gasteiger partial charge on any atom is 0.242 e. The van der Waals surface area contributed by atoms with Crippen LogP contribution in [-0.2, 0) is 33.6 Å². The predicted molar refractivity (Wildman–Crippen MR) is 123 cm³/mol. The normalized spacial score (nSPS) is 20.9. The molecule has 3 N–H and O–H groups in total. The Morgan fingerprint density at radius 2 is 1.34 bits per heavy atom. The van der Waals surface area contributed by atoms with Crippen LogP contribution in [0.5, 0.6) is 0 Å². The van der Waals surface area contributed by atoms with Gasteiger partial charge in [-0.05, 0) is 19.3 Å². The van der Waals surface area contributed by atoms with Gasteiger partial charge in [-0.3, -0.25) is 43.4 Å². The molecule has 0 bridgehead atoms. The summed E-state index contributed by atoms with van der Waals surface area (Å²) in [5, 5.41) is 7.88. The quantitative estimate of drug-likeness (QED) is 0.221. The molecule has 194 valence electrons. The van der Waals surface area contributed by atoms with Gasteiger partial charge in [-0.15, -0.1) is 0 Å². The van der Waals surface area contributed by atoms with E-state index in [0.29, 0.717) is 12.8 Å². The molecule has 2 fully saturated rings. The third-order valence-electron chi connectivity index (χ3n) is 6.03. The first-order valence-corrected chi connectivity index (χ1v) is 12.0. The van der Waals surface area contributed by atoms with Gasteiger partial charge >= 0.3 is 0 Å². The van der Waals surface area contributed by atoms with Gasteiger partial charge in [-0.2, -0.15) is 0 Å². The first-order valence-electron chi connectivity index (χ1n) is 12.0. The average molecular weight is 494 g/mol. The highest BCUT2D eigenvalue weighted by Crippen LogP contribution is 2.19. The molecule has 0 spiro atoms. The van der Waals surface area contributed by atoms with Gasteiger partial charge in [0.15, 0.2) is 0 Å². The van der Waals surface area contributed by atoms with E-state index >= 15 is 0 Å². The van der Waals surface area contributed by atoms with E-state index in [1.54, 1.807) is 13.8 Å². The fourth-order valence-electron chi connectivity index (χ4n) is 4.08. The Bertz CT molecular complexity index is 874. The summed E-state index contributed by atoms with van der Waals surface area (Å²) in [6.07, 6.45) is 1.29. The zero-order valence-electron chi connectivity index (χ0n) is 20.6. The molecule has 3 atom stereocenters. The van der Waals surface area contributed by atoms with Gasteiger partial charge in [0.2, 0.25) is 41.4 Å². The molecule has 0 aromatic carbocycles. The minimum absolute atomic E-state index is 0.00829. The molecule has 35 heavy (non-hydrogen) atoms. The Morgan fingerprint density at radius 1 is 0.857 bits per heavy atom. The first kappa shape index (κ1) is 27.9. The molecule has 12 nitrogen and oxygen atoms in total. The SMILES string of the molecule is CC(=O)N[C@@H](CCC(=O)NCCCN1C(=O)C[C@@H](C)C1=O)C(=O)NCCCN1C(=O)C[C@@H](C)C1=O. The Balaban J connectivity index is 1.68. The van der Waals surface area contributed by atoms with E-state index in [4.69, 9.17) is 0 Å². The molecule has 2 aliphatic heterocycles. The lowest BCUT2D eigenvalue weighted by Gasteiger charge is -2.19. The van der Waals surface area contributed by atoms with Crippen molar-refractivity contribution in [2.24, 2.45) is 11.8 Å². The summed E-state index contributed by atoms with van der Waals surface area (Å²) in [4.78, 5) is 85.9. The Kier molecular flexibility index (Phi) is 10.3. The number of nitrogens with one attached hydrogen (secondary N) is 3. The van der Waals surface area contributed by atoms with Gasteiger partial charge in [0, 0.05) is 64.2 Å². The lowest BCUT2D eigenvalue weighted by atomic mass is 10.1. The van der Waals surface area contributed by atoms with E-state index < -0.39 is 17.9 Å².